The fraction of sp³-hybridized carbons (Fsp3) is 0.500. The van der Waals surface area contributed by atoms with E-state index in [1.165, 1.54) is 49.6 Å². The number of hydrogen-bond acceptors (Lipinski definition) is 0. The number of hydrogen-bond donors (Lipinski definition) is 0. The molecule has 1 saturated carbocycles. The Morgan fingerprint density at radius 2 is 1.60 bits per heavy atom. The van der Waals surface area contributed by atoms with Crippen molar-refractivity contribution in [2.75, 3.05) is 13.6 Å². The predicted octanol–water partition coefficient (Wildman–Crippen LogP) is 5.59. The molecule has 0 saturated heterocycles. The average molecular weight is 333 g/mol. The molecule has 1 nitrogen and oxygen atoms in total. The van der Waals surface area contributed by atoms with Gasteiger partial charge in [-0.2, -0.15) is 0 Å². The Morgan fingerprint density at radius 1 is 0.920 bits per heavy atom. The molecule has 0 spiro atoms. The van der Waals surface area contributed by atoms with Gasteiger partial charge < -0.3 is 4.48 Å². The van der Waals surface area contributed by atoms with Gasteiger partial charge in [0.05, 0.1) is 13.6 Å². The van der Waals surface area contributed by atoms with Gasteiger partial charge in [-0.1, -0.05) is 67.8 Å². The lowest BCUT2D eigenvalue weighted by atomic mass is 9.77. The zero-order valence-electron chi connectivity index (χ0n) is 15.7. The van der Waals surface area contributed by atoms with Gasteiger partial charge in [-0.05, 0) is 25.3 Å². The molecule has 2 aliphatic heterocycles. The minimum atomic E-state index is 0.105. The highest BCUT2D eigenvalue weighted by atomic mass is 15.4. The summed E-state index contributed by atoms with van der Waals surface area (Å²) in [7, 11) is 2.56. The third-order valence-corrected chi connectivity index (χ3v) is 7.87. The maximum absolute atomic E-state index is 2.56. The molecule has 0 amide bonds. The van der Waals surface area contributed by atoms with Crippen LogP contribution < -0.4 is 0 Å². The van der Waals surface area contributed by atoms with Crippen LogP contribution in [-0.2, 0) is 12.0 Å². The first kappa shape index (κ1) is 15.6. The standard InChI is InChI=1S/C24H30N/c1-24-21-14-8-6-12-19(21)16-23(20-13-7-9-15-22(20)24)25(24,2)17-18-10-4-3-5-11-18/h6-9,12-15,18,23H,3-5,10-11,16-17H2,1-2H3/q+1/t23-,24+,25+/m0/s1. The van der Waals surface area contributed by atoms with Crippen LogP contribution in [0.25, 0.3) is 0 Å². The van der Waals surface area contributed by atoms with Crippen LogP contribution in [-0.4, -0.2) is 18.1 Å². The highest BCUT2D eigenvalue weighted by Crippen LogP contribution is 2.60. The number of likely N-dealkylation sites (N-methyl/N-ethyl adjacent to an activating group) is 1. The Hall–Kier alpha value is -1.60. The molecule has 0 radical (unpaired) electrons. The van der Waals surface area contributed by atoms with Crippen LogP contribution in [0.5, 0.6) is 0 Å². The van der Waals surface area contributed by atoms with E-state index >= 15 is 0 Å². The molecule has 3 aliphatic rings. The van der Waals surface area contributed by atoms with Gasteiger partial charge in [0, 0.05) is 29.0 Å². The first-order valence-electron chi connectivity index (χ1n) is 10.2. The highest BCUT2D eigenvalue weighted by molar-refractivity contribution is 5.51. The first-order chi connectivity index (χ1) is 12.1. The van der Waals surface area contributed by atoms with Crippen LogP contribution in [0.3, 0.4) is 0 Å². The maximum atomic E-state index is 2.56. The molecule has 1 heteroatoms. The summed E-state index contributed by atoms with van der Waals surface area (Å²) >= 11 is 0. The van der Waals surface area contributed by atoms with Gasteiger partial charge in [-0.15, -0.1) is 0 Å². The second-order valence-electron chi connectivity index (χ2n) is 8.99. The van der Waals surface area contributed by atoms with Crippen LogP contribution in [0.4, 0.5) is 0 Å². The van der Waals surface area contributed by atoms with E-state index in [0.29, 0.717) is 6.04 Å². The van der Waals surface area contributed by atoms with E-state index in [0.717, 1.165) is 5.92 Å². The summed E-state index contributed by atoms with van der Waals surface area (Å²) in [6.07, 6.45) is 8.41. The number of nitrogens with zero attached hydrogens (tertiary/aromatic N) is 1. The highest BCUT2D eigenvalue weighted by Gasteiger charge is 2.62. The fourth-order valence-corrected chi connectivity index (χ4v) is 6.45. The molecule has 1 aliphatic carbocycles. The molecule has 2 aromatic carbocycles. The second-order valence-corrected chi connectivity index (χ2v) is 8.99. The van der Waals surface area contributed by atoms with E-state index in [1.807, 2.05) is 0 Å². The molecule has 0 unspecified atom stereocenters. The molecule has 2 aromatic rings. The minimum absolute atomic E-state index is 0.105. The third-order valence-electron chi connectivity index (χ3n) is 7.87. The quantitative estimate of drug-likeness (QED) is 0.629. The van der Waals surface area contributed by atoms with Gasteiger partial charge in [-0.25, -0.2) is 0 Å². The van der Waals surface area contributed by atoms with Crippen molar-refractivity contribution in [2.45, 2.75) is 57.0 Å². The molecule has 0 N–H and O–H groups in total. The Kier molecular flexibility index (Phi) is 3.41. The predicted molar refractivity (Wildman–Crippen MR) is 103 cm³/mol. The van der Waals surface area contributed by atoms with Gasteiger partial charge in [0.2, 0.25) is 0 Å². The lowest BCUT2D eigenvalue weighted by Crippen LogP contribution is -2.61. The van der Waals surface area contributed by atoms with Crippen LogP contribution in [0.1, 0.15) is 67.3 Å². The smallest absolute Gasteiger partial charge is 0.149 e. The van der Waals surface area contributed by atoms with Crippen molar-refractivity contribution in [2.24, 2.45) is 5.92 Å². The molecule has 2 bridgehead atoms. The van der Waals surface area contributed by atoms with Crippen molar-refractivity contribution >= 4 is 0 Å². The first-order valence-corrected chi connectivity index (χ1v) is 10.2. The second kappa shape index (κ2) is 5.45. The molecule has 3 atom stereocenters. The molecule has 2 heterocycles. The molecule has 0 aromatic heterocycles. The molecular formula is C24H30N+. The van der Waals surface area contributed by atoms with Crippen molar-refractivity contribution in [1.29, 1.82) is 0 Å². The Bertz CT molecular complexity index is 790. The number of quaternary nitrogens is 1. The lowest BCUT2D eigenvalue weighted by Gasteiger charge is -2.53. The van der Waals surface area contributed by atoms with Crippen LogP contribution in [0, 0.1) is 5.92 Å². The van der Waals surface area contributed by atoms with Crippen molar-refractivity contribution < 1.29 is 4.48 Å². The van der Waals surface area contributed by atoms with Crippen LogP contribution in [0.2, 0.25) is 0 Å². The van der Waals surface area contributed by atoms with Crippen molar-refractivity contribution in [3.8, 4) is 0 Å². The van der Waals surface area contributed by atoms with E-state index < -0.39 is 0 Å². The zero-order valence-corrected chi connectivity index (χ0v) is 15.7. The molecule has 1 fully saturated rings. The number of fused-ring (bicyclic) bond motifs is 7. The van der Waals surface area contributed by atoms with Gasteiger partial charge in [0.15, 0.2) is 0 Å². The van der Waals surface area contributed by atoms with E-state index in [2.05, 4.69) is 62.5 Å². The normalized spacial score (nSPS) is 33.8. The zero-order chi connectivity index (χ0) is 17.1. The summed E-state index contributed by atoms with van der Waals surface area (Å²) in [6, 6.07) is 19.2. The van der Waals surface area contributed by atoms with Gasteiger partial charge >= 0.3 is 0 Å². The van der Waals surface area contributed by atoms with E-state index in [-0.39, 0.29) is 5.54 Å². The summed E-state index contributed by atoms with van der Waals surface area (Å²) in [5.74, 6) is 0.903. The molecular weight excluding hydrogens is 302 g/mol. The largest absolute Gasteiger partial charge is 0.307 e. The number of rotatable bonds is 2. The summed E-state index contributed by atoms with van der Waals surface area (Å²) < 4.78 is 1.19. The fourth-order valence-electron chi connectivity index (χ4n) is 6.45. The summed E-state index contributed by atoms with van der Waals surface area (Å²) in [5.41, 5.74) is 6.45. The molecule has 5 rings (SSSR count). The molecule has 130 valence electrons. The van der Waals surface area contributed by atoms with Gasteiger partial charge in [0.25, 0.3) is 0 Å². The topological polar surface area (TPSA) is 0 Å². The van der Waals surface area contributed by atoms with Crippen LogP contribution in [0.15, 0.2) is 48.5 Å². The summed E-state index contributed by atoms with van der Waals surface area (Å²) in [5, 5.41) is 0. The van der Waals surface area contributed by atoms with Crippen molar-refractivity contribution in [3.05, 3.63) is 70.8 Å². The van der Waals surface area contributed by atoms with Gasteiger partial charge in [-0.3, -0.25) is 0 Å². The van der Waals surface area contributed by atoms with Gasteiger partial charge in [0.1, 0.15) is 11.6 Å². The lowest BCUT2D eigenvalue weighted by molar-refractivity contribution is -0.984. The summed E-state index contributed by atoms with van der Waals surface area (Å²) in [6.45, 7) is 3.87. The summed E-state index contributed by atoms with van der Waals surface area (Å²) in [4.78, 5) is 0. The third kappa shape index (κ3) is 1.99. The van der Waals surface area contributed by atoms with E-state index in [1.54, 1.807) is 22.3 Å². The van der Waals surface area contributed by atoms with Crippen molar-refractivity contribution in [3.63, 3.8) is 0 Å². The molecule has 25 heavy (non-hydrogen) atoms. The number of benzene rings is 2. The van der Waals surface area contributed by atoms with E-state index in [9.17, 15) is 0 Å². The Labute approximate surface area is 152 Å². The SMILES string of the molecule is C[C@@]12c3ccccc3C[C@@H](c3ccccc31)[N@@+]2(C)CC1CCCCC1. The monoisotopic (exact) mass is 332 g/mol. The average Bonchev–Trinajstić information content (AvgIpc) is 2.76. The van der Waals surface area contributed by atoms with E-state index in [4.69, 9.17) is 0 Å². The van der Waals surface area contributed by atoms with Crippen molar-refractivity contribution in [1.82, 2.24) is 0 Å². The van der Waals surface area contributed by atoms with Crippen LogP contribution >= 0.6 is 0 Å². The Morgan fingerprint density at radius 3 is 2.40 bits per heavy atom. The Balaban J connectivity index is 1.68. The maximum Gasteiger partial charge on any atom is 0.149 e. The minimum Gasteiger partial charge on any atom is -0.307 e.